The number of hydrogen-bond donors (Lipinski definition) is 0. The van der Waals surface area contributed by atoms with Crippen LogP contribution in [0.2, 0.25) is 0 Å². The number of benzene rings is 1. The largest absolute Gasteiger partial charge is 0.350 e. The summed E-state index contributed by atoms with van der Waals surface area (Å²) in [6.45, 7) is 6.52. The fourth-order valence-electron chi connectivity index (χ4n) is 2.00. The summed E-state index contributed by atoms with van der Waals surface area (Å²) in [7, 11) is 2.11. The van der Waals surface area contributed by atoms with Crippen molar-refractivity contribution < 1.29 is 0 Å². The van der Waals surface area contributed by atoms with Gasteiger partial charge in [-0.05, 0) is 37.5 Å². The Morgan fingerprint density at radius 1 is 1.00 bits per heavy atom. The first-order valence-electron chi connectivity index (χ1n) is 4.63. The van der Waals surface area contributed by atoms with Crippen molar-refractivity contribution in [2.45, 2.75) is 20.8 Å². The van der Waals surface area contributed by atoms with Crippen molar-refractivity contribution in [2.24, 2.45) is 7.05 Å². The van der Waals surface area contributed by atoms with E-state index >= 15 is 0 Å². The smallest absolute Gasteiger partial charge is 0.0512 e. The summed E-state index contributed by atoms with van der Waals surface area (Å²) < 4.78 is 2.22. The molecule has 13 heavy (non-hydrogen) atoms. The molecular formula is C12H15N. The van der Waals surface area contributed by atoms with Crippen LogP contribution in [-0.4, -0.2) is 4.57 Å². The SMILES string of the molecule is Cc1ccc2c(C)cn(C)c2c1C. The molecule has 2 aromatic rings. The summed E-state index contributed by atoms with van der Waals surface area (Å²) in [5.74, 6) is 0. The molecule has 0 aliphatic rings. The van der Waals surface area contributed by atoms with Crippen molar-refractivity contribution in [3.8, 4) is 0 Å². The zero-order valence-electron chi connectivity index (χ0n) is 8.68. The monoisotopic (exact) mass is 173 g/mol. The van der Waals surface area contributed by atoms with Gasteiger partial charge in [-0.1, -0.05) is 12.1 Å². The summed E-state index contributed by atoms with van der Waals surface area (Å²) in [6.07, 6.45) is 2.19. The Hall–Kier alpha value is -1.24. The van der Waals surface area contributed by atoms with Crippen LogP contribution in [0.4, 0.5) is 0 Å². The molecule has 0 amide bonds. The van der Waals surface area contributed by atoms with Gasteiger partial charge < -0.3 is 4.57 Å². The summed E-state index contributed by atoms with van der Waals surface area (Å²) in [4.78, 5) is 0. The Morgan fingerprint density at radius 2 is 1.69 bits per heavy atom. The maximum Gasteiger partial charge on any atom is 0.0512 e. The number of hydrogen-bond acceptors (Lipinski definition) is 0. The minimum atomic E-state index is 1.36. The molecule has 1 aromatic carbocycles. The van der Waals surface area contributed by atoms with Gasteiger partial charge in [-0.2, -0.15) is 0 Å². The number of fused-ring (bicyclic) bond motifs is 1. The normalized spacial score (nSPS) is 11.1. The third-order valence-electron chi connectivity index (χ3n) is 2.87. The van der Waals surface area contributed by atoms with E-state index in [4.69, 9.17) is 0 Å². The summed E-state index contributed by atoms with van der Waals surface area (Å²) >= 11 is 0. The first-order valence-corrected chi connectivity index (χ1v) is 4.63. The summed E-state index contributed by atoms with van der Waals surface area (Å²) in [5, 5.41) is 1.38. The number of rotatable bonds is 0. The first-order chi connectivity index (χ1) is 6.11. The van der Waals surface area contributed by atoms with Gasteiger partial charge in [-0.25, -0.2) is 0 Å². The molecular weight excluding hydrogens is 158 g/mol. The van der Waals surface area contributed by atoms with Crippen LogP contribution in [0, 0.1) is 20.8 Å². The van der Waals surface area contributed by atoms with Crippen LogP contribution in [0.15, 0.2) is 18.3 Å². The summed E-state index contributed by atoms with van der Waals surface area (Å²) in [5.41, 5.74) is 5.50. The Balaban J connectivity index is 2.98. The molecule has 0 radical (unpaired) electrons. The molecule has 0 saturated heterocycles. The first kappa shape index (κ1) is 8.36. The average Bonchev–Trinajstić information content (AvgIpc) is 2.35. The minimum Gasteiger partial charge on any atom is -0.350 e. The Labute approximate surface area is 79.0 Å². The Morgan fingerprint density at radius 3 is 2.38 bits per heavy atom. The molecule has 2 rings (SSSR count). The molecule has 1 nitrogen and oxygen atoms in total. The average molecular weight is 173 g/mol. The van der Waals surface area contributed by atoms with Gasteiger partial charge in [0.15, 0.2) is 0 Å². The van der Waals surface area contributed by atoms with E-state index in [1.807, 2.05) is 0 Å². The highest BCUT2D eigenvalue weighted by atomic mass is 14.9. The van der Waals surface area contributed by atoms with E-state index in [1.165, 1.54) is 27.6 Å². The highest BCUT2D eigenvalue weighted by Crippen LogP contribution is 2.24. The van der Waals surface area contributed by atoms with Crippen LogP contribution in [0.25, 0.3) is 10.9 Å². The van der Waals surface area contributed by atoms with Crippen LogP contribution < -0.4 is 0 Å². The van der Waals surface area contributed by atoms with E-state index in [1.54, 1.807) is 0 Å². The van der Waals surface area contributed by atoms with Gasteiger partial charge in [0, 0.05) is 18.6 Å². The van der Waals surface area contributed by atoms with Crippen molar-refractivity contribution in [2.75, 3.05) is 0 Å². The molecule has 0 aliphatic heterocycles. The molecule has 0 atom stereocenters. The lowest BCUT2D eigenvalue weighted by molar-refractivity contribution is 0.958. The molecule has 68 valence electrons. The molecule has 0 fully saturated rings. The van der Waals surface area contributed by atoms with Crippen molar-refractivity contribution in [3.63, 3.8) is 0 Å². The number of aryl methyl sites for hydroxylation is 4. The predicted octanol–water partition coefficient (Wildman–Crippen LogP) is 3.10. The van der Waals surface area contributed by atoms with Crippen LogP contribution in [0.5, 0.6) is 0 Å². The lowest BCUT2D eigenvalue weighted by atomic mass is 10.1. The van der Waals surface area contributed by atoms with Crippen LogP contribution in [0.3, 0.4) is 0 Å². The zero-order chi connectivity index (χ0) is 9.59. The molecule has 0 bridgehead atoms. The van der Waals surface area contributed by atoms with Gasteiger partial charge in [-0.15, -0.1) is 0 Å². The second-order valence-corrected chi connectivity index (χ2v) is 3.83. The highest BCUT2D eigenvalue weighted by Gasteiger charge is 2.06. The van der Waals surface area contributed by atoms with E-state index in [-0.39, 0.29) is 0 Å². The summed E-state index contributed by atoms with van der Waals surface area (Å²) in [6, 6.07) is 4.41. The molecule has 1 heteroatoms. The Kier molecular flexibility index (Phi) is 1.69. The van der Waals surface area contributed by atoms with Gasteiger partial charge in [0.1, 0.15) is 0 Å². The predicted molar refractivity (Wildman–Crippen MR) is 57.1 cm³/mol. The maximum atomic E-state index is 2.22. The molecule has 1 aromatic heterocycles. The van der Waals surface area contributed by atoms with Gasteiger partial charge >= 0.3 is 0 Å². The lowest BCUT2D eigenvalue weighted by Crippen LogP contribution is -1.89. The van der Waals surface area contributed by atoms with Crippen molar-refractivity contribution in [1.82, 2.24) is 4.57 Å². The second kappa shape index (κ2) is 2.63. The van der Waals surface area contributed by atoms with Crippen LogP contribution in [-0.2, 0) is 7.05 Å². The third-order valence-corrected chi connectivity index (χ3v) is 2.87. The standard InChI is InChI=1S/C12H15N/c1-8-5-6-11-9(2)7-13(4)12(11)10(8)3/h5-7H,1-4H3. The zero-order valence-corrected chi connectivity index (χ0v) is 8.68. The molecule has 1 heterocycles. The lowest BCUT2D eigenvalue weighted by Gasteiger charge is -2.04. The molecule has 0 unspecified atom stereocenters. The molecule has 0 aliphatic carbocycles. The van der Waals surface area contributed by atoms with Gasteiger partial charge in [0.2, 0.25) is 0 Å². The van der Waals surface area contributed by atoms with Crippen LogP contribution in [0.1, 0.15) is 16.7 Å². The van der Waals surface area contributed by atoms with Crippen molar-refractivity contribution in [3.05, 3.63) is 35.0 Å². The molecule has 0 spiro atoms. The van der Waals surface area contributed by atoms with Gasteiger partial charge in [0.05, 0.1) is 5.52 Å². The fraction of sp³-hybridized carbons (Fsp3) is 0.333. The van der Waals surface area contributed by atoms with E-state index in [2.05, 4.69) is 50.7 Å². The van der Waals surface area contributed by atoms with E-state index < -0.39 is 0 Å². The molecule has 0 N–H and O–H groups in total. The van der Waals surface area contributed by atoms with E-state index in [9.17, 15) is 0 Å². The van der Waals surface area contributed by atoms with E-state index in [0.29, 0.717) is 0 Å². The number of nitrogens with zero attached hydrogens (tertiary/aromatic N) is 1. The van der Waals surface area contributed by atoms with Gasteiger partial charge in [0.25, 0.3) is 0 Å². The van der Waals surface area contributed by atoms with E-state index in [0.717, 1.165) is 0 Å². The fourth-order valence-corrected chi connectivity index (χ4v) is 2.00. The quantitative estimate of drug-likeness (QED) is 0.577. The number of aromatic nitrogens is 1. The minimum absolute atomic E-state index is 1.36. The highest BCUT2D eigenvalue weighted by molar-refractivity contribution is 5.87. The van der Waals surface area contributed by atoms with Crippen molar-refractivity contribution >= 4 is 10.9 Å². The second-order valence-electron chi connectivity index (χ2n) is 3.83. The van der Waals surface area contributed by atoms with Crippen LogP contribution >= 0.6 is 0 Å². The van der Waals surface area contributed by atoms with Gasteiger partial charge in [-0.3, -0.25) is 0 Å². The van der Waals surface area contributed by atoms with Crippen molar-refractivity contribution in [1.29, 1.82) is 0 Å². The third kappa shape index (κ3) is 1.07. The Bertz CT molecular complexity index is 463. The maximum absolute atomic E-state index is 2.22. The molecule has 0 saturated carbocycles. The topological polar surface area (TPSA) is 4.93 Å².